The summed E-state index contributed by atoms with van der Waals surface area (Å²) in [5.41, 5.74) is 1.36. The van der Waals surface area contributed by atoms with Crippen LogP contribution in [0.25, 0.3) is 11.3 Å². The third kappa shape index (κ3) is 3.05. The minimum atomic E-state index is -1.03. The Morgan fingerprint density at radius 2 is 1.67 bits per heavy atom. The first-order chi connectivity index (χ1) is 9.62. The molecule has 2 N–H and O–H groups in total. The summed E-state index contributed by atoms with van der Waals surface area (Å²) in [7, 11) is 0. The van der Waals surface area contributed by atoms with Crippen LogP contribution in [0.5, 0.6) is 0 Å². The molecule has 0 spiro atoms. The van der Waals surface area contributed by atoms with Gasteiger partial charge in [-0.25, -0.2) is 4.79 Å². The molecule has 1 heterocycles. The number of aromatic carboxylic acids is 1. The number of hydrogen-bond donors (Lipinski definition) is 2. The highest BCUT2D eigenvalue weighted by Crippen LogP contribution is 2.41. The number of hydrogen-bond acceptors (Lipinski definition) is 1. The van der Waals surface area contributed by atoms with Crippen LogP contribution in [0.4, 0.5) is 0 Å². The van der Waals surface area contributed by atoms with Crippen molar-refractivity contribution in [3.05, 3.63) is 44.5 Å². The van der Waals surface area contributed by atoms with Crippen LogP contribution in [-0.4, -0.2) is 16.1 Å². The van der Waals surface area contributed by atoms with E-state index in [1.165, 1.54) is 12.1 Å². The monoisotopic (exact) mass is 345 g/mol. The fraction of sp³-hybridized carbons (Fsp3) is 0.267. The Kier molecular flexibility index (Phi) is 4.29. The van der Waals surface area contributed by atoms with Crippen LogP contribution in [0.1, 0.15) is 36.7 Å². The van der Waals surface area contributed by atoms with E-state index in [0.29, 0.717) is 31.9 Å². The maximum Gasteiger partial charge on any atom is 0.338 e. The number of rotatable bonds is 2. The van der Waals surface area contributed by atoms with Crippen molar-refractivity contribution in [2.24, 2.45) is 0 Å². The minimum absolute atomic E-state index is 0.175. The molecular formula is C15H14Cl3NO2. The minimum Gasteiger partial charge on any atom is -0.478 e. The molecule has 0 amide bonds. The van der Waals surface area contributed by atoms with Gasteiger partial charge in [0.05, 0.1) is 21.3 Å². The van der Waals surface area contributed by atoms with Crippen LogP contribution in [0, 0.1) is 0 Å². The van der Waals surface area contributed by atoms with Crippen LogP contribution in [-0.2, 0) is 5.41 Å². The van der Waals surface area contributed by atoms with Crippen molar-refractivity contribution in [2.75, 3.05) is 0 Å². The summed E-state index contributed by atoms with van der Waals surface area (Å²) in [6.45, 7) is 5.83. The molecule has 0 saturated carbocycles. The van der Waals surface area contributed by atoms with Crippen molar-refractivity contribution in [1.82, 2.24) is 4.98 Å². The Labute approximate surface area is 137 Å². The normalized spacial score (nSPS) is 11.7. The SMILES string of the molecule is CC(C)(C)c1c[nH]c(-c2c(Cl)cc(Cl)cc2Cl)c1C(=O)O. The first kappa shape index (κ1) is 16.2. The van der Waals surface area contributed by atoms with Gasteiger partial charge < -0.3 is 10.1 Å². The fourth-order valence-electron chi connectivity index (χ4n) is 2.22. The van der Waals surface area contributed by atoms with Gasteiger partial charge in [0, 0.05) is 16.8 Å². The molecular weight excluding hydrogens is 333 g/mol. The third-order valence-corrected chi connectivity index (χ3v) is 3.97. The average molecular weight is 347 g/mol. The highest BCUT2D eigenvalue weighted by atomic mass is 35.5. The molecule has 0 fully saturated rings. The van der Waals surface area contributed by atoms with Gasteiger partial charge in [-0.2, -0.15) is 0 Å². The summed E-state index contributed by atoms with van der Waals surface area (Å²) in [6.07, 6.45) is 1.68. The smallest absolute Gasteiger partial charge is 0.338 e. The Morgan fingerprint density at radius 3 is 2.10 bits per heavy atom. The number of benzene rings is 1. The second-order valence-corrected chi connectivity index (χ2v) is 7.00. The van der Waals surface area contributed by atoms with Crippen LogP contribution < -0.4 is 0 Å². The number of carboxylic acids is 1. The van der Waals surface area contributed by atoms with E-state index in [-0.39, 0.29) is 11.0 Å². The standard InChI is InChI=1S/C15H14Cl3NO2/c1-15(2,3)8-6-19-13(11(8)14(20)21)12-9(17)4-7(16)5-10(12)18/h4-6,19H,1-3H3,(H,20,21). The average Bonchev–Trinajstić information content (AvgIpc) is 2.71. The zero-order chi connectivity index (χ0) is 15.9. The van der Waals surface area contributed by atoms with Gasteiger partial charge in [0.2, 0.25) is 0 Å². The summed E-state index contributed by atoms with van der Waals surface area (Å²) in [4.78, 5) is 14.7. The molecule has 1 aromatic carbocycles. The predicted octanol–water partition coefficient (Wildman–Crippen LogP) is 5.64. The van der Waals surface area contributed by atoms with E-state index in [4.69, 9.17) is 34.8 Å². The van der Waals surface area contributed by atoms with Crippen molar-refractivity contribution < 1.29 is 9.90 Å². The number of carbonyl (C=O) groups is 1. The van der Waals surface area contributed by atoms with Gasteiger partial charge in [-0.1, -0.05) is 55.6 Å². The largest absolute Gasteiger partial charge is 0.478 e. The molecule has 0 unspecified atom stereocenters. The predicted molar refractivity (Wildman–Crippen MR) is 86.9 cm³/mol. The Hall–Kier alpha value is -1.16. The number of carboxylic acid groups (broad SMARTS) is 1. The van der Waals surface area contributed by atoms with E-state index >= 15 is 0 Å². The highest BCUT2D eigenvalue weighted by molar-refractivity contribution is 6.42. The molecule has 2 rings (SSSR count). The molecule has 2 aromatic rings. The lowest BCUT2D eigenvalue weighted by atomic mass is 9.85. The number of aromatic nitrogens is 1. The van der Waals surface area contributed by atoms with Crippen LogP contribution in [0.3, 0.4) is 0 Å². The van der Waals surface area contributed by atoms with E-state index < -0.39 is 5.97 Å². The van der Waals surface area contributed by atoms with E-state index in [1.807, 2.05) is 20.8 Å². The highest BCUT2D eigenvalue weighted by Gasteiger charge is 2.28. The van der Waals surface area contributed by atoms with Crippen LogP contribution in [0.2, 0.25) is 15.1 Å². The lowest BCUT2D eigenvalue weighted by molar-refractivity contribution is 0.0695. The maximum absolute atomic E-state index is 11.7. The van der Waals surface area contributed by atoms with Crippen LogP contribution in [0.15, 0.2) is 18.3 Å². The fourth-order valence-corrected chi connectivity index (χ4v) is 3.22. The molecule has 0 bridgehead atoms. The number of nitrogens with one attached hydrogen (secondary N) is 1. The summed E-state index contributed by atoms with van der Waals surface area (Å²) in [6, 6.07) is 3.07. The molecule has 0 aliphatic rings. The van der Waals surface area contributed by atoms with Gasteiger partial charge in [0.1, 0.15) is 0 Å². The van der Waals surface area contributed by atoms with Crippen molar-refractivity contribution in [3.8, 4) is 11.3 Å². The molecule has 3 nitrogen and oxygen atoms in total. The summed E-state index contributed by atoms with van der Waals surface area (Å²) in [5, 5.41) is 10.6. The Morgan fingerprint density at radius 1 is 1.14 bits per heavy atom. The molecule has 6 heteroatoms. The van der Waals surface area contributed by atoms with Crippen molar-refractivity contribution in [3.63, 3.8) is 0 Å². The Balaban J connectivity index is 2.78. The second-order valence-electron chi connectivity index (χ2n) is 5.75. The lowest BCUT2D eigenvalue weighted by Gasteiger charge is -2.18. The topological polar surface area (TPSA) is 53.1 Å². The molecule has 0 aliphatic carbocycles. The van der Waals surface area contributed by atoms with Crippen LogP contribution >= 0.6 is 34.8 Å². The molecule has 0 radical (unpaired) electrons. The van der Waals surface area contributed by atoms with Crippen molar-refractivity contribution in [2.45, 2.75) is 26.2 Å². The number of H-pyrrole nitrogens is 1. The summed E-state index contributed by atoms with van der Waals surface area (Å²) in [5.74, 6) is -1.03. The molecule has 21 heavy (non-hydrogen) atoms. The second kappa shape index (κ2) is 5.56. The van der Waals surface area contributed by atoms with E-state index in [2.05, 4.69) is 4.98 Å². The van der Waals surface area contributed by atoms with Gasteiger partial charge >= 0.3 is 5.97 Å². The van der Waals surface area contributed by atoms with Crippen molar-refractivity contribution in [1.29, 1.82) is 0 Å². The molecule has 0 aliphatic heterocycles. The maximum atomic E-state index is 11.7. The Bertz CT molecular complexity index is 691. The van der Waals surface area contributed by atoms with Gasteiger partial charge in [-0.3, -0.25) is 0 Å². The quantitative estimate of drug-likeness (QED) is 0.739. The zero-order valence-corrected chi connectivity index (χ0v) is 14.0. The first-order valence-corrected chi connectivity index (χ1v) is 7.36. The number of halogens is 3. The molecule has 0 atom stereocenters. The zero-order valence-electron chi connectivity index (χ0n) is 11.7. The van der Waals surface area contributed by atoms with E-state index in [0.717, 1.165) is 0 Å². The summed E-state index contributed by atoms with van der Waals surface area (Å²) >= 11 is 18.3. The molecule has 0 saturated heterocycles. The lowest BCUT2D eigenvalue weighted by Crippen LogP contribution is -2.15. The number of aromatic amines is 1. The van der Waals surface area contributed by atoms with Crippen molar-refractivity contribution >= 4 is 40.8 Å². The van der Waals surface area contributed by atoms with Gasteiger partial charge in [0.15, 0.2) is 0 Å². The van der Waals surface area contributed by atoms with E-state index in [1.54, 1.807) is 6.20 Å². The molecule has 1 aromatic heterocycles. The van der Waals surface area contributed by atoms with E-state index in [9.17, 15) is 9.90 Å². The van der Waals surface area contributed by atoms with Gasteiger partial charge in [-0.05, 0) is 23.1 Å². The summed E-state index contributed by atoms with van der Waals surface area (Å²) < 4.78 is 0. The van der Waals surface area contributed by atoms with Gasteiger partial charge in [-0.15, -0.1) is 0 Å². The third-order valence-electron chi connectivity index (χ3n) is 3.16. The first-order valence-electron chi connectivity index (χ1n) is 6.23. The van der Waals surface area contributed by atoms with Gasteiger partial charge in [0.25, 0.3) is 0 Å². The molecule has 112 valence electrons.